The van der Waals surface area contributed by atoms with Gasteiger partial charge in [0.2, 0.25) is 11.8 Å². The zero-order valence-corrected chi connectivity index (χ0v) is 14.6. The van der Waals surface area contributed by atoms with Crippen molar-refractivity contribution in [1.29, 1.82) is 0 Å². The fraction of sp³-hybridized carbons (Fsp3) is 0.688. The van der Waals surface area contributed by atoms with E-state index >= 15 is 0 Å². The van der Waals surface area contributed by atoms with Gasteiger partial charge in [0, 0.05) is 23.9 Å². The number of carbonyl (C=O) groups excluding carboxylic acids is 2. The lowest BCUT2D eigenvalue weighted by Crippen LogP contribution is -2.35. The average Bonchev–Trinajstić information content (AvgIpc) is 3.00. The Labute approximate surface area is 136 Å². The van der Waals surface area contributed by atoms with Crippen LogP contribution in [0.5, 0.6) is 0 Å². The van der Waals surface area contributed by atoms with Crippen molar-refractivity contribution in [3.63, 3.8) is 0 Å². The first kappa shape index (κ1) is 16.9. The van der Waals surface area contributed by atoms with Crippen LogP contribution in [-0.2, 0) is 22.6 Å². The lowest BCUT2D eigenvalue weighted by molar-refractivity contribution is -0.129. The average molecular weight is 323 g/mol. The molecular weight excluding hydrogens is 298 g/mol. The molecule has 6 heteroatoms. The standard InChI is InChI=1S/C16H25N3O2S/c1-5-6-14-18-11(4)13(22-14)8-17-16(21)12-7-15(20)19(9-12)10(2)3/h10,12H,5-9H2,1-4H3,(H,17,21)/t12-/m0/s1. The topological polar surface area (TPSA) is 62.3 Å². The van der Waals surface area contributed by atoms with Gasteiger partial charge in [-0.15, -0.1) is 11.3 Å². The van der Waals surface area contributed by atoms with Crippen molar-refractivity contribution in [1.82, 2.24) is 15.2 Å². The molecule has 0 radical (unpaired) electrons. The SMILES string of the molecule is CCCc1nc(C)c(CNC(=O)[C@H]2CC(=O)N(C(C)C)C2)s1. The molecule has 1 N–H and O–H groups in total. The van der Waals surface area contributed by atoms with Crippen molar-refractivity contribution in [2.24, 2.45) is 5.92 Å². The van der Waals surface area contributed by atoms with E-state index in [9.17, 15) is 9.59 Å². The quantitative estimate of drug-likeness (QED) is 0.873. The zero-order valence-electron chi connectivity index (χ0n) is 13.8. The van der Waals surface area contributed by atoms with Gasteiger partial charge in [0.05, 0.1) is 23.2 Å². The number of hydrogen-bond acceptors (Lipinski definition) is 4. The normalized spacial score (nSPS) is 18.3. The number of likely N-dealkylation sites (tertiary alicyclic amines) is 1. The Morgan fingerprint density at radius 2 is 2.23 bits per heavy atom. The molecule has 0 aromatic carbocycles. The summed E-state index contributed by atoms with van der Waals surface area (Å²) in [7, 11) is 0. The Morgan fingerprint density at radius 1 is 1.50 bits per heavy atom. The Kier molecular flexibility index (Phi) is 5.56. The van der Waals surface area contributed by atoms with Crippen LogP contribution < -0.4 is 5.32 Å². The molecule has 1 aliphatic heterocycles. The monoisotopic (exact) mass is 323 g/mol. The van der Waals surface area contributed by atoms with Crippen molar-refractivity contribution < 1.29 is 9.59 Å². The highest BCUT2D eigenvalue weighted by Gasteiger charge is 2.35. The van der Waals surface area contributed by atoms with Crippen LogP contribution in [-0.4, -0.2) is 34.3 Å². The highest BCUT2D eigenvalue weighted by atomic mass is 32.1. The molecule has 0 bridgehead atoms. The number of thiazole rings is 1. The minimum absolute atomic E-state index is 0.0265. The maximum atomic E-state index is 12.3. The van der Waals surface area contributed by atoms with Crippen LogP contribution >= 0.6 is 11.3 Å². The summed E-state index contributed by atoms with van der Waals surface area (Å²) >= 11 is 1.67. The van der Waals surface area contributed by atoms with E-state index in [0.717, 1.165) is 28.4 Å². The summed E-state index contributed by atoms with van der Waals surface area (Å²) in [4.78, 5) is 31.6. The van der Waals surface area contributed by atoms with Crippen molar-refractivity contribution in [3.05, 3.63) is 15.6 Å². The molecule has 1 atom stereocenters. The van der Waals surface area contributed by atoms with E-state index in [1.165, 1.54) is 0 Å². The van der Waals surface area contributed by atoms with Crippen LogP contribution in [0.2, 0.25) is 0 Å². The van der Waals surface area contributed by atoms with Crippen LogP contribution in [0.1, 0.15) is 49.2 Å². The van der Waals surface area contributed by atoms with Crippen LogP contribution in [0.25, 0.3) is 0 Å². The van der Waals surface area contributed by atoms with E-state index in [1.807, 2.05) is 20.8 Å². The Hall–Kier alpha value is -1.43. The number of amides is 2. The number of carbonyl (C=O) groups is 2. The summed E-state index contributed by atoms with van der Waals surface area (Å²) in [5.41, 5.74) is 1.00. The minimum Gasteiger partial charge on any atom is -0.351 e. The van der Waals surface area contributed by atoms with Gasteiger partial charge in [0.1, 0.15) is 0 Å². The molecular formula is C16H25N3O2S. The lowest BCUT2D eigenvalue weighted by atomic mass is 10.1. The molecule has 122 valence electrons. The number of nitrogens with zero attached hydrogens (tertiary/aromatic N) is 2. The molecule has 1 aromatic rings. The predicted octanol–water partition coefficient (Wildman–Crippen LogP) is 2.28. The van der Waals surface area contributed by atoms with Crippen LogP contribution in [0.4, 0.5) is 0 Å². The van der Waals surface area contributed by atoms with Gasteiger partial charge in [0.25, 0.3) is 0 Å². The van der Waals surface area contributed by atoms with Crippen molar-refractivity contribution >= 4 is 23.2 Å². The molecule has 1 fully saturated rings. The second kappa shape index (κ2) is 7.22. The van der Waals surface area contributed by atoms with Gasteiger partial charge in [-0.25, -0.2) is 4.98 Å². The van der Waals surface area contributed by atoms with Gasteiger partial charge in [-0.2, -0.15) is 0 Å². The van der Waals surface area contributed by atoms with E-state index in [2.05, 4.69) is 17.2 Å². The summed E-state index contributed by atoms with van der Waals surface area (Å²) < 4.78 is 0. The molecule has 1 saturated heterocycles. The number of nitrogens with one attached hydrogen (secondary N) is 1. The van der Waals surface area contributed by atoms with Crippen molar-refractivity contribution in [2.45, 2.75) is 59.5 Å². The van der Waals surface area contributed by atoms with Gasteiger partial charge >= 0.3 is 0 Å². The minimum atomic E-state index is -0.224. The third-order valence-electron chi connectivity index (χ3n) is 3.98. The van der Waals surface area contributed by atoms with Gasteiger partial charge < -0.3 is 10.2 Å². The van der Waals surface area contributed by atoms with Gasteiger partial charge in [-0.05, 0) is 33.6 Å². The number of aryl methyl sites for hydroxylation is 2. The highest BCUT2D eigenvalue weighted by Crippen LogP contribution is 2.22. The van der Waals surface area contributed by atoms with E-state index in [0.29, 0.717) is 19.5 Å². The molecule has 0 aliphatic carbocycles. The molecule has 2 rings (SSSR count). The first-order chi connectivity index (χ1) is 10.4. The zero-order chi connectivity index (χ0) is 16.3. The van der Waals surface area contributed by atoms with Crippen LogP contribution in [0.3, 0.4) is 0 Å². The number of rotatable bonds is 6. The maximum Gasteiger partial charge on any atom is 0.225 e. The van der Waals surface area contributed by atoms with E-state index in [-0.39, 0.29) is 23.8 Å². The number of hydrogen-bond donors (Lipinski definition) is 1. The fourth-order valence-corrected chi connectivity index (χ4v) is 3.80. The van der Waals surface area contributed by atoms with E-state index < -0.39 is 0 Å². The fourth-order valence-electron chi connectivity index (χ4n) is 2.69. The Balaban J connectivity index is 1.89. The lowest BCUT2D eigenvalue weighted by Gasteiger charge is -2.20. The molecule has 2 amide bonds. The smallest absolute Gasteiger partial charge is 0.225 e. The molecule has 1 aliphatic rings. The van der Waals surface area contributed by atoms with Crippen LogP contribution in [0, 0.1) is 12.8 Å². The van der Waals surface area contributed by atoms with Gasteiger partial charge in [0.15, 0.2) is 0 Å². The first-order valence-corrected chi connectivity index (χ1v) is 8.76. The number of aromatic nitrogens is 1. The second-order valence-corrected chi connectivity index (χ2v) is 7.29. The van der Waals surface area contributed by atoms with Crippen molar-refractivity contribution in [3.8, 4) is 0 Å². The molecule has 0 spiro atoms. The van der Waals surface area contributed by atoms with Gasteiger partial charge in [-0.3, -0.25) is 9.59 Å². The van der Waals surface area contributed by atoms with E-state index in [1.54, 1.807) is 16.2 Å². The third-order valence-corrected chi connectivity index (χ3v) is 5.19. The molecule has 1 aromatic heterocycles. The summed E-state index contributed by atoms with van der Waals surface area (Å²) in [6.07, 6.45) is 2.39. The predicted molar refractivity (Wildman–Crippen MR) is 87.6 cm³/mol. The molecule has 0 saturated carbocycles. The molecule has 22 heavy (non-hydrogen) atoms. The maximum absolute atomic E-state index is 12.3. The first-order valence-electron chi connectivity index (χ1n) is 7.94. The van der Waals surface area contributed by atoms with E-state index in [4.69, 9.17) is 0 Å². The summed E-state index contributed by atoms with van der Waals surface area (Å²) in [5.74, 6) is -0.172. The summed E-state index contributed by atoms with van der Waals surface area (Å²) in [5, 5.41) is 4.10. The van der Waals surface area contributed by atoms with Crippen LogP contribution in [0.15, 0.2) is 0 Å². The van der Waals surface area contributed by atoms with Crippen molar-refractivity contribution in [2.75, 3.05) is 6.54 Å². The summed E-state index contributed by atoms with van der Waals surface area (Å²) in [6.45, 7) is 9.12. The Bertz CT molecular complexity index is 554. The second-order valence-electron chi connectivity index (χ2n) is 6.12. The molecule has 2 heterocycles. The third kappa shape index (κ3) is 3.85. The summed E-state index contributed by atoms with van der Waals surface area (Å²) in [6, 6.07) is 0.158. The molecule has 0 unspecified atom stereocenters. The molecule has 5 nitrogen and oxygen atoms in total. The largest absolute Gasteiger partial charge is 0.351 e. The van der Waals surface area contributed by atoms with Gasteiger partial charge in [-0.1, -0.05) is 6.92 Å². The highest BCUT2D eigenvalue weighted by molar-refractivity contribution is 7.11. The Morgan fingerprint density at radius 3 is 2.82 bits per heavy atom.